The zero-order chi connectivity index (χ0) is 54.6. The zero-order valence-corrected chi connectivity index (χ0v) is 44.5. The van der Waals surface area contributed by atoms with E-state index in [-0.39, 0.29) is 62.5 Å². The summed E-state index contributed by atoms with van der Waals surface area (Å²) in [6, 6.07) is -0.0987. The van der Waals surface area contributed by atoms with E-state index in [4.69, 9.17) is 0 Å². The first kappa shape index (κ1) is 56.8. The van der Waals surface area contributed by atoms with Gasteiger partial charge in [-0.05, 0) is 127 Å². The minimum atomic E-state index is -4.94. The molecule has 4 aromatic rings. The number of thiazole rings is 2. The number of nitrogens with zero attached hydrogens (tertiary/aromatic N) is 6. The molecule has 0 spiro atoms. The first-order valence-electron chi connectivity index (χ1n) is 23.8. The normalized spacial score (nSPS) is 19.2. The van der Waals surface area contributed by atoms with E-state index >= 15 is 0 Å². The van der Waals surface area contributed by atoms with Gasteiger partial charge in [0.2, 0.25) is 0 Å². The van der Waals surface area contributed by atoms with Crippen LogP contribution < -0.4 is 21.3 Å². The SMILES string of the molecule is C[C@H]1CCCN1C(=O)c1nc(C(=O)NC(C)(CO)CC2CCN(C(=O)c3nc(C(=O)N[C@H](C)C(C)(C)O)sc3-c3cnc(NC(C)(C)C)cc3C(F)(F)F)[C@H]2C)sc1-c1cnc(NC(C)(C)C)cc1C(F)(F)F. The van der Waals surface area contributed by atoms with Crippen LogP contribution in [0.5, 0.6) is 0 Å². The summed E-state index contributed by atoms with van der Waals surface area (Å²) in [4.78, 5) is 76.1. The fourth-order valence-corrected chi connectivity index (χ4v) is 10.7. The van der Waals surface area contributed by atoms with E-state index in [0.717, 1.165) is 24.5 Å². The molecule has 16 nitrogen and oxygen atoms in total. The predicted octanol–water partition coefficient (Wildman–Crippen LogP) is 9.12. The lowest BCUT2D eigenvalue weighted by atomic mass is 9.85. The highest BCUT2D eigenvalue weighted by atomic mass is 32.1. The van der Waals surface area contributed by atoms with Crippen molar-refractivity contribution in [3.63, 3.8) is 0 Å². The van der Waals surface area contributed by atoms with Crippen molar-refractivity contribution in [3.8, 4) is 20.9 Å². The molecule has 2 aliphatic rings. The molecular weight excluding hydrogens is 1000 g/mol. The number of hydrogen-bond donors (Lipinski definition) is 6. The van der Waals surface area contributed by atoms with Crippen molar-refractivity contribution in [1.82, 2.24) is 40.4 Å². The number of anilines is 2. The Labute approximate surface area is 428 Å². The van der Waals surface area contributed by atoms with Crippen LogP contribution >= 0.6 is 22.7 Å². The van der Waals surface area contributed by atoms with Gasteiger partial charge in [-0.3, -0.25) is 19.2 Å². The molecule has 2 aliphatic heterocycles. The second-order valence-corrected chi connectivity index (χ2v) is 23.9. The summed E-state index contributed by atoms with van der Waals surface area (Å²) in [6.45, 7) is 19.7. The Kier molecular flexibility index (Phi) is 16.1. The number of alkyl halides is 6. The number of nitrogens with one attached hydrogen (secondary N) is 4. The van der Waals surface area contributed by atoms with Crippen molar-refractivity contribution in [2.45, 2.75) is 161 Å². The predicted molar refractivity (Wildman–Crippen MR) is 267 cm³/mol. The number of amides is 4. The number of hydrogen-bond acceptors (Lipinski definition) is 14. The average molecular weight is 1070 g/mol. The summed E-state index contributed by atoms with van der Waals surface area (Å²) in [5, 5.41) is 31.9. The van der Waals surface area contributed by atoms with Crippen molar-refractivity contribution in [1.29, 1.82) is 0 Å². The first-order chi connectivity index (χ1) is 33.5. The summed E-state index contributed by atoms with van der Waals surface area (Å²) in [5.74, 6) is -3.79. The van der Waals surface area contributed by atoms with Crippen LogP contribution in [0, 0.1) is 5.92 Å². The summed E-state index contributed by atoms with van der Waals surface area (Å²) in [5.41, 5.74) is -8.14. The van der Waals surface area contributed by atoms with Crippen LogP contribution in [0.25, 0.3) is 20.9 Å². The fourth-order valence-electron chi connectivity index (χ4n) is 8.70. The molecule has 6 heterocycles. The maximum atomic E-state index is 14.9. The Balaban J connectivity index is 1.31. The van der Waals surface area contributed by atoms with Crippen molar-refractivity contribution >= 4 is 57.9 Å². The third-order valence-corrected chi connectivity index (χ3v) is 15.0. The second-order valence-electron chi connectivity index (χ2n) is 21.9. The van der Waals surface area contributed by atoms with Gasteiger partial charge in [0, 0.05) is 59.8 Å². The number of carbonyl (C=O) groups is 4. The summed E-state index contributed by atoms with van der Waals surface area (Å²) in [6.07, 6.45) is -6.25. The van der Waals surface area contributed by atoms with E-state index in [1.54, 1.807) is 48.5 Å². The lowest BCUT2D eigenvalue weighted by Gasteiger charge is -2.33. The van der Waals surface area contributed by atoms with Gasteiger partial charge in [0.05, 0.1) is 44.7 Å². The molecule has 4 amide bonds. The molecule has 73 heavy (non-hydrogen) atoms. The standard InChI is InChI=1S/C49H64F6N10O6S2/c1-24-14-13-16-64(24)42(69)34-36(28-21-56-32(61-44(4,5)6)18-30(28)48(50,51)52)73-41(60-34)39(68)63-47(12,23-66)20-27-15-17-65(25(27)2)43(70)35-37(72-40(59-35)38(67)58-26(3)46(10,11)71)29-22-57-33(62-45(7,8)9)19-31(29)49(53,54)55/h18-19,21-22,24-27,66,71H,13-17,20,23H2,1-12H3,(H,56,61)(H,57,62)(H,58,67)(H,63,68)/t24-,25-,26+,27?,47?/m0/s1. The molecule has 0 radical (unpaired) electrons. The zero-order valence-electron chi connectivity index (χ0n) is 42.9. The van der Waals surface area contributed by atoms with Crippen LogP contribution in [-0.4, -0.2) is 124 Å². The maximum absolute atomic E-state index is 14.9. The number of likely N-dealkylation sites (tertiary alicyclic amines) is 2. The minimum Gasteiger partial charge on any atom is -0.394 e. The largest absolute Gasteiger partial charge is 0.417 e. The van der Waals surface area contributed by atoms with E-state index in [2.05, 4.69) is 41.2 Å². The Hall–Kier alpha value is -5.46. The van der Waals surface area contributed by atoms with Crippen molar-refractivity contribution in [2.24, 2.45) is 5.92 Å². The van der Waals surface area contributed by atoms with Crippen molar-refractivity contribution in [2.75, 3.05) is 30.3 Å². The van der Waals surface area contributed by atoms with Crippen LogP contribution in [0.4, 0.5) is 38.0 Å². The van der Waals surface area contributed by atoms with Gasteiger partial charge < -0.3 is 41.3 Å². The number of halogens is 6. The Morgan fingerprint density at radius 2 is 1.19 bits per heavy atom. The molecule has 5 atom stereocenters. The number of aromatic nitrogens is 4. The van der Waals surface area contributed by atoms with Gasteiger partial charge in [-0.15, -0.1) is 22.7 Å². The van der Waals surface area contributed by atoms with Crippen LogP contribution in [0.3, 0.4) is 0 Å². The van der Waals surface area contributed by atoms with Crippen LogP contribution in [0.15, 0.2) is 24.5 Å². The third-order valence-electron chi connectivity index (χ3n) is 12.8. The molecule has 0 saturated carbocycles. The van der Waals surface area contributed by atoms with Gasteiger partial charge in [-0.2, -0.15) is 26.3 Å². The quantitative estimate of drug-likeness (QED) is 0.0653. The highest BCUT2D eigenvalue weighted by molar-refractivity contribution is 7.17. The Morgan fingerprint density at radius 1 is 0.726 bits per heavy atom. The maximum Gasteiger partial charge on any atom is 0.417 e. The highest BCUT2D eigenvalue weighted by Gasteiger charge is 2.44. The van der Waals surface area contributed by atoms with Crippen molar-refractivity contribution < 1.29 is 55.7 Å². The number of aliphatic hydroxyl groups excluding tert-OH is 1. The number of rotatable bonds is 14. The van der Waals surface area contributed by atoms with Gasteiger partial charge in [0.15, 0.2) is 10.0 Å². The van der Waals surface area contributed by atoms with Gasteiger partial charge >= 0.3 is 12.4 Å². The molecule has 6 rings (SSSR count). The van der Waals surface area contributed by atoms with Crippen LogP contribution in [0.2, 0.25) is 0 Å². The topological polar surface area (TPSA) is 215 Å². The minimum absolute atomic E-state index is 0.0245. The highest BCUT2D eigenvalue weighted by Crippen LogP contribution is 2.45. The molecule has 0 aromatic carbocycles. The summed E-state index contributed by atoms with van der Waals surface area (Å²) >= 11 is 1.14. The van der Waals surface area contributed by atoms with Gasteiger partial charge in [0.1, 0.15) is 23.0 Å². The van der Waals surface area contributed by atoms with Gasteiger partial charge in [-0.1, -0.05) is 0 Å². The van der Waals surface area contributed by atoms with E-state index in [1.165, 1.54) is 37.5 Å². The summed E-state index contributed by atoms with van der Waals surface area (Å²) in [7, 11) is 0. The molecule has 24 heteroatoms. The van der Waals surface area contributed by atoms with Gasteiger partial charge in [-0.25, -0.2) is 19.9 Å². The van der Waals surface area contributed by atoms with Crippen molar-refractivity contribution in [3.05, 3.63) is 57.1 Å². The van der Waals surface area contributed by atoms with E-state index in [9.17, 15) is 55.7 Å². The fraction of sp³-hybridized carbons (Fsp3) is 0.592. The van der Waals surface area contributed by atoms with E-state index in [0.29, 0.717) is 42.1 Å². The van der Waals surface area contributed by atoms with Crippen LogP contribution in [-0.2, 0) is 12.4 Å². The smallest absolute Gasteiger partial charge is 0.394 e. The van der Waals surface area contributed by atoms with Crippen LogP contribution in [0.1, 0.15) is 160 Å². The number of aliphatic hydroxyl groups is 2. The monoisotopic (exact) mass is 1070 g/mol. The first-order valence-corrected chi connectivity index (χ1v) is 25.5. The molecule has 400 valence electrons. The van der Waals surface area contributed by atoms with Gasteiger partial charge in [0.25, 0.3) is 23.6 Å². The van der Waals surface area contributed by atoms with E-state index < -0.39 is 111 Å². The molecule has 4 aromatic heterocycles. The molecule has 2 saturated heterocycles. The Bertz CT molecular complexity index is 2730. The molecule has 2 fully saturated rings. The number of carbonyl (C=O) groups excluding carboxylic acids is 4. The Morgan fingerprint density at radius 3 is 1.60 bits per heavy atom. The third kappa shape index (κ3) is 13.3. The molecule has 0 aliphatic carbocycles. The lowest BCUT2D eigenvalue weighted by Crippen LogP contribution is -2.51. The molecular formula is C49H64F6N10O6S2. The molecule has 0 bridgehead atoms. The molecule has 6 N–H and O–H groups in total. The lowest BCUT2D eigenvalue weighted by molar-refractivity contribution is -0.137. The molecule has 2 unspecified atom stereocenters. The average Bonchev–Trinajstić information content (AvgIpc) is 4.08. The van der Waals surface area contributed by atoms with E-state index in [1.807, 2.05) is 6.92 Å². The summed E-state index contributed by atoms with van der Waals surface area (Å²) < 4.78 is 89.2. The second kappa shape index (κ2) is 20.7. The number of pyridine rings is 2.